The van der Waals surface area contributed by atoms with Gasteiger partial charge in [-0.2, -0.15) is 0 Å². The highest BCUT2D eigenvalue weighted by molar-refractivity contribution is 5.94. The molecule has 0 aliphatic heterocycles. The molecule has 3 aromatic carbocycles. The van der Waals surface area contributed by atoms with E-state index in [4.69, 9.17) is 14.2 Å². The minimum atomic E-state index is -0.842. The van der Waals surface area contributed by atoms with Gasteiger partial charge in [-0.05, 0) is 66.6 Å². The number of phenolic OH excluding ortho intramolecular Hbond substituents is 1. The van der Waals surface area contributed by atoms with Crippen molar-refractivity contribution in [3.8, 4) is 17.2 Å². The normalized spacial score (nSPS) is 10.6. The van der Waals surface area contributed by atoms with E-state index in [9.17, 15) is 24.8 Å². The zero-order chi connectivity index (χ0) is 27.3. The molecule has 0 spiro atoms. The van der Waals surface area contributed by atoms with Gasteiger partial charge in [0.25, 0.3) is 5.69 Å². The highest BCUT2D eigenvalue weighted by Crippen LogP contribution is 2.25. The summed E-state index contributed by atoms with van der Waals surface area (Å²) in [5, 5.41) is 20.8. The third-order valence-electron chi connectivity index (χ3n) is 5.77. The number of nitrogens with zero attached hydrogens (tertiary/aromatic N) is 1. The van der Waals surface area contributed by atoms with Gasteiger partial charge in [0.1, 0.15) is 29.4 Å². The Morgan fingerprint density at radius 1 is 0.842 bits per heavy atom. The second-order valence-corrected chi connectivity index (χ2v) is 8.71. The maximum absolute atomic E-state index is 12.6. The van der Waals surface area contributed by atoms with Gasteiger partial charge in [0.05, 0.1) is 17.1 Å². The lowest BCUT2D eigenvalue weighted by molar-refractivity contribution is -0.384. The van der Waals surface area contributed by atoms with Gasteiger partial charge >= 0.3 is 11.9 Å². The number of nitro groups is 1. The molecule has 0 aliphatic carbocycles. The van der Waals surface area contributed by atoms with Crippen LogP contribution in [-0.4, -0.2) is 28.6 Å². The van der Waals surface area contributed by atoms with E-state index in [0.29, 0.717) is 23.5 Å². The van der Waals surface area contributed by atoms with Crippen LogP contribution in [0.5, 0.6) is 17.2 Å². The number of carbonyl (C=O) groups is 2. The fourth-order valence-electron chi connectivity index (χ4n) is 3.61. The minimum Gasteiger partial charge on any atom is -0.507 e. The lowest BCUT2D eigenvalue weighted by Gasteiger charge is -2.10. The maximum Gasteiger partial charge on any atom is 0.343 e. The highest BCUT2D eigenvalue weighted by atomic mass is 16.6. The van der Waals surface area contributed by atoms with Crippen LogP contribution in [0.4, 0.5) is 5.69 Å². The van der Waals surface area contributed by atoms with E-state index in [-0.39, 0.29) is 29.4 Å². The van der Waals surface area contributed by atoms with E-state index in [1.807, 2.05) is 0 Å². The number of esters is 2. The molecular formula is C29H31NO8. The molecule has 38 heavy (non-hydrogen) atoms. The highest BCUT2D eigenvalue weighted by Gasteiger charge is 2.17. The van der Waals surface area contributed by atoms with Crippen LogP contribution >= 0.6 is 0 Å². The van der Waals surface area contributed by atoms with Crippen LogP contribution in [0.1, 0.15) is 71.7 Å². The average molecular weight is 522 g/mol. The first-order chi connectivity index (χ1) is 18.4. The molecule has 0 saturated carbocycles. The standard InChI is InChI=1S/C29H31NO8/c1-2-3-4-5-6-7-18-36-24-14-10-22(11-15-24)28(32)38-25-16-17-27(31)26(19-25)29(33)37-20-21-8-12-23(13-9-21)30(34)35/h8-17,19,31H,2-7,18,20H2,1H3. The van der Waals surface area contributed by atoms with Gasteiger partial charge in [-0.15, -0.1) is 0 Å². The summed E-state index contributed by atoms with van der Waals surface area (Å²) in [4.78, 5) is 35.3. The molecule has 0 unspecified atom stereocenters. The zero-order valence-electron chi connectivity index (χ0n) is 21.3. The van der Waals surface area contributed by atoms with Crippen LogP contribution in [0.3, 0.4) is 0 Å². The van der Waals surface area contributed by atoms with Gasteiger partial charge in [-0.3, -0.25) is 10.1 Å². The van der Waals surface area contributed by atoms with Crippen molar-refractivity contribution in [2.45, 2.75) is 52.1 Å². The number of aromatic hydroxyl groups is 1. The van der Waals surface area contributed by atoms with Crippen molar-refractivity contribution < 1.29 is 33.8 Å². The summed E-state index contributed by atoms with van der Waals surface area (Å²) in [6.07, 6.45) is 7.05. The van der Waals surface area contributed by atoms with Crippen LogP contribution in [0, 0.1) is 10.1 Å². The van der Waals surface area contributed by atoms with Crippen LogP contribution in [-0.2, 0) is 11.3 Å². The lowest BCUT2D eigenvalue weighted by atomic mass is 10.1. The predicted molar refractivity (Wildman–Crippen MR) is 141 cm³/mol. The van der Waals surface area contributed by atoms with E-state index >= 15 is 0 Å². The molecule has 1 N–H and O–H groups in total. The number of ether oxygens (including phenoxy) is 3. The van der Waals surface area contributed by atoms with Crippen LogP contribution < -0.4 is 9.47 Å². The van der Waals surface area contributed by atoms with Crippen molar-refractivity contribution >= 4 is 17.6 Å². The van der Waals surface area contributed by atoms with Crippen molar-refractivity contribution in [2.75, 3.05) is 6.61 Å². The third kappa shape index (κ3) is 8.62. The molecule has 0 amide bonds. The molecule has 0 radical (unpaired) electrons. The summed E-state index contributed by atoms with van der Waals surface area (Å²) in [7, 11) is 0. The van der Waals surface area contributed by atoms with Gasteiger partial charge in [0.15, 0.2) is 0 Å². The summed E-state index contributed by atoms with van der Waals surface area (Å²) in [5.41, 5.74) is 0.566. The van der Waals surface area contributed by atoms with Crippen molar-refractivity contribution in [2.24, 2.45) is 0 Å². The molecule has 0 saturated heterocycles. The minimum absolute atomic E-state index is 0.0542. The van der Waals surface area contributed by atoms with Crippen molar-refractivity contribution in [3.63, 3.8) is 0 Å². The smallest absolute Gasteiger partial charge is 0.343 e. The van der Waals surface area contributed by atoms with E-state index in [2.05, 4.69) is 6.92 Å². The Kier molecular flexibility index (Phi) is 10.7. The Hall–Kier alpha value is -4.40. The number of hydrogen-bond acceptors (Lipinski definition) is 8. The average Bonchev–Trinajstić information content (AvgIpc) is 2.92. The number of nitro benzene ring substituents is 1. The van der Waals surface area contributed by atoms with Crippen molar-refractivity contribution in [3.05, 3.63) is 93.5 Å². The maximum atomic E-state index is 12.6. The first kappa shape index (κ1) is 28.2. The second kappa shape index (κ2) is 14.4. The van der Waals surface area contributed by atoms with E-state index in [1.165, 1.54) is 68.1 Å². The zero-order valence-corrected chi connectivity index (χ0v) is 21.3. The summed E-state index contributed by atoms with van der Waals surface area (Å²) in [6, 6.07) is 15.9. The summed E-state index contributed by atoms with van der Waals surface area (Å²) >= 11 is 0. The van der Waals surface area contributed by atoms with E-state index in [1.54, 1.807) is 24.3 Å². The number of phenols is 1. The fraction of sp³-hybridized carbons (Fsp3) is 0.310. The molecule has 0 heterocycles. The first-order valence-electron chi connectivity index (χ1n) is 12.6. The van der Waals surface area contributed by atoms with Gasteiger partial charge in [-0.25, -0.2) is 9.59 Å². The molecule has 9 nitrogen and oxygen atoms in total. The second-order valence-electron chi connectivity index (χ2n) is 8.71. The largest absolute Gasteiger partial charge is 0.507 e. The molecule has 0 aliphatic rings. The quantitative estimate of drug-likeness (QED) is 0.0825. The van der Waals surface area contributed by atoms with E-state index < -0.39 is 16.9 Å². The first-order valence-corrected chi connectivity index (χ1v) is 12.6. The molecule has 3 rings (SSSR count). The monoisotopic (exact) mass is 521 g/mol. The Morgan fingerprint density at radius 3 is 2.18 bits per heavy atom. The van der Waals surface area contributed by atoms with Gasteiger partial charge < -0.3 is 19.3 Å². The lowest BCUT2D eigenvalue weighted by Crippen LogP contribution is -2.10. The molecule has 0 atom stereocenters. The molecule has 0 bridgehead atoms. The third-order valence-corrected chi connectivity index (χ3v) is 5.77. The molecular weight excluding hydrogens is 490 g/mol. The topological polar surface area (TPSA) is 125 Å². The van der Waals surface area contributed by atoms with Crippen LogP contribution in [0.15, 0.2) is 66.7 Å². The van der Waals surface area contributed by atoms with E-state index in [0.717, 1.165) is 12.8 Å². The van der Waals surface area contributed by atoms with Crippen molar-refractivity contribution in [1.29, 1.82) is 0 Å². The number of non-ortho nitro benzene ring substituents is 1. The number of hydrogen-bond donors (Lipinski definition) is 1. The number of rotatable bonds is 14. The summed E-state index contributed by atoms with van der Waals surface area (Å²) in [5.74, 6) is -1.10. The summed E-state index contributed by atoms with van der Waals surface area (Å²) in [6.45, 7) is 2.65. The van der Waals surface area contributed by atoms with Gasteiger partial charge in [0.2, 0.25) is 0 Å². The van der Waals surface area contributed by atoms with Crippen molar-refractivity contribution in [1.82, 2.24) is 0 Å². The van der Waals surface area contributed by atoms with Crippen LogP contribution in [0.25, 0.3) is 0 Å². The van der Waals surface area contributed by atoms with Gasteiger partial charge in [-0.1, -0.05) is 39.0 Å². The Labute approximate surface area is 221 Å². The fourth-order valence-corrected chi connectivity index (χ4v) is 3.61. The number of benzene rings is 3. The SMILES string of the molecule is CCCCCCCCOc1ccc(C(=O)Oc2ccc(O)c(C(=O)OCc3ccc([N+](=O)[O-])cc3)c2)cc1. The molecule has 0 aromatic heterocycles. The molecule has 200 valence electrons. The Morgan fingerprint density at radius 2 is 1.50 bits per heavy atom. The predicted octanol–water partition coefficient (Wildman–Crippen LogP) is 6.62. The van der Waals surface area contributed by atoms with Crippen LogP contribution in [0.2, 0.25) is 0 Å². The Balaban J connectivity index is 1.51. The summed E-state index contributed by atoms with van der Waals surface area (Å²) < 4.78 is 16.3. The Bertz CT molecular complexity index is 1220. The van der Waals surface area contributed by atoms with Gasteiger partial charge in [0, 0.05) is 12.1 Å². The number of carbonyl (C=O) groups excluding carboxylic acids is 2. The molecule has 9 heteroatoms. The number of unbranched alkanes of at least 4 members (excludes halogenated alkanes) is 5. The molecule has 3 aromatic rings. The molecule has 0 fully saturated rings.